The van der Waals surface area contributed by atoms with Crippen LogP contribution in [0.4, 0.5) is 5.82 Å². The van der Waals surface area contributed by atoms with E-state index in [0.717, 1.165) is 16.8 Å². The van der Waals surface area contributed by atoms with Gasteiger partial charge in [0, 0.05) is 18.3 Å². The summed E-state index contributed by atoms with van der Waals surface area (Å²) in [6.07, 6.45) is 3.38. The number of rotatable bonds is 3. The van der Waals surface area contributed by atoms with Gasteiger partial charge in [-0.15, -0.1) is 0 Å². The fourth-order valence-corrected chi connectivity index (χ4v) is 1.37. The number of nitrogens with two attached hydrogens (primary N) is 1. The highest BCUT2D eigenvalue weighted by molar-refractivity contribution is 5.88. The van der Waals surface area contributed by atoms with Crippen LogP contribution in [0.1, 0.15) is 13.8 Å². The van der Waals surface area contributed by atoms with Crippen molar-refractivity contribution in [1.29, 1.82) is 0 Å². The van der Waals surface area contributed by atoms with E-state index in [9.17, 15) is 0 Å². The average Bonchev–Trinajstić information content (AvgIpc) is 2.66. The zero-order valence-electron chi connectivity index (χ0n) is 8.95. The third kappa shape index (κ3) is 1.94. The Balaban J connectivity index is 2.39. The number of nitrogens with one attached hydrogen (secondary N) is 1. The average molecular weight is 205 g/mol. The van der Waals surface area contributed by atoms with Gasteiger partial charge in [0.2, 0.25) is 0 Å². The molecule has 2 heterocycles. The molecule has 2 rings (SSSR count). The smallest absolute Gasteiger partial charge is 0.139 e. The number of fused-ring (bicyclic) bond motifs is 1. The van der Waals surface area contributed by atoms with Crippen LogP contribution >= 0.6 is 0 Å². The first-order valence-corrected chi connectivity index (χ1v) is 4.93. The van der Waals surface area contributed by atoms with E-state index in [4.69, 9.17) is 10.2 Å². The van der Waals surface area contributed by atoms with Crippen LogP contribution in [-0.4, -0.2) is 17.1 Å². The first-order chi connectivity index (χ1) is 7.12. The van der Waals surface area contributed by atoms with E-state index in [1.807, 2.05) is 26.0 Å². The summed E-state index contributed by atoms with van der Waals surface area (Å²) >= 11 is 0. The Morgan fingerprint density at radius 2 is 2.27 bits per heavy atom. The summed E-state index contributed by atoms with van der Waals surface area (Å²) in [4.78, 5) is 4.29. The SMILES string of the molecule is CC(C)(CN)Nc1nccc2occc12. The molecule has 80 valence electrons. The lowest BCUT2D eigenvalue weighted by molar-refractivity contribution is 0.578. The molecule has 15 heavy (non-hydrogen) atoms. The van der Waals surface area contributed by atoms with E-state index in [2.05, 4.69) is 10.3 Å². The molecule has 0 amide bonds. The van der Waals surface area contributed by atoms with Crippen molar-refractivity contribution in [2.45, 2.75) is 19.4 Å². The fourth-order valence-electron chi connectivity index (χ4n) is 1.37. The van der Waals surface area contributed by atoms with Crippen LogP contribution in [0.5, 0.6) is 0 Å². The fraction of sp³-hybridized carbons (Fsp3) is 0.364. The number of anilines is 1. The van der Waals surface area contributed by atoms with Gasteiger partial charge in [0.1, 0.15) is 11.4 Å². The highest BCUT2D eigenvalue weighted by atomic mass is 16.3. The molecule has 2 aromatic heterocycles. The molecule has 0 spiro atoms. The third-order valence-electron chi connectivity index (χ3n) is 2.35. The molecule has 0 aliphatic heterocycles. The van der Waals surface area contributed by atoms with Gasteiger partial charge in [0.15, 0.2) is 0 Å². The highest BCUT2D eigenvalue weighted by Gasteiger charge is 2.17. The zero-order chi connectivity index (χ0) is 10.9. The standard InChI is InChI=1S/C11H15N3O/c1-11(2,7-12)14-10-8-4-6-15-9(8)3-5-13-10/h3-6H,7,12H2,1-2H3,(H,13,14). The van der Waals surface area contributed by atoms with Gasteiger partial charge in [0.25, 0.3) is 0 Å². The Morgan fingerprint density at radius 1 is 1.47 bits per heavy atom. The minimum absolute atomic E-state index is 0.168. The van der Waals surface area contributed by atoms with Crippen molar-refractivity contribution >= 4 is 16.8 Å². The second-order valence-electron chi connectivity index (χ2n) is 4.20. The summed E-state index contributed by atoms with van der Waals surface area (Å²) < 4.78 is 5.30. The van der Waals surface area contributed by atoms with Crippen molar-refractivity contribution < 1.29 is 4.42 Å². The first kappa shape index (κ1) is 9.98. The lowest BCUT2D eigenvalue weighted by atomic mass is 10.1. The van der Waals surface area contributed by atoms with Crippen molar-refractivity contribution in [1.82, 2.24) is 4.98 Å². The van der Waals surface area contributed by atoms with E-state index in [0.29, 0.717) is 6.54 Å². The van der Waals surface area contributed by atoms with Crippen molar-refractivity contribution in [2.75, 3.05) is 11.9 Å². The van der Waals surface area contributed by atoms with Crippen LogP contribution in [0, 0.1) is 0 Å². The number of hydrogen-bond acceptors (Lipinski definition) is 4. The monoisotopic (exact) mass is 205 g/mol. The topological polar surface area (TPSA) is 64.1 Å². The molecule has 0 aromatic carbocycles. The van der Waals surface area contributed by atoms with E-state index in [1.165, 1.54) is 0 Å². The predicted octanol–water partition coefficient (Wildman–Crippen LogP) is 1.98. The molecule has 0 fully saturated rings. The van der Waals surface area contributed by atoms with Crippen molar-refractivity contribution in [3.63, 3.8) is 0 Å². The maximum Gasteiger partial charge on any atom is 0.139 e. The summed E-state index contributed by atoms with van der Waals surface area (Å²) in [7, 11) is 0. The number of furan rings is 1. The Bertz CT molecular complexity index is 462. The van der Waals surface area contributed by atoms with E-state index in [-0.39, 0.29) is 5.54 Å². The van der Waals surface area contributed by atoms with E-state index < -0.39 is 0 Å². The summed E-state index contributed by atoms with van der Waals surface area (Å²) in [5.74, 6) is 0.816. The van der Waals surface area contributed by atoms with Crippen molar-refractivity contribution in [3.8, 4) is 0 Å². The molecule has 0 unspecified atom stereocenters. The molecule has 0 radical (unpaired) electrons. The maximum atomic E-state index is 5.66. The van der Waals surface area contributed by atoms with Crippen molar-refractivity contribution in [2.24, 2.45) is 5.73 Å². The van der Waals surface area contributed by atoms with Crippen LogP contribution < -0.4 is 11.1 Å². The molecule has 0 saturated carbocycles. The minimum Gasteiger partial charge on any atom is -0.464 e. The summed E-state index contributed by atoms with van der Waals surface area (Å²) in [6, 6.07) is 3.74. The van der Waals surface area contributed by atoms with Gasteiger partial charge in [0.05, 0.1) is 11.6 Å². The van der Waals surface area contributed by atoms with Crippen LogP contribution in [0.15, 0.2) is 29.0 Å². The second kappa shape index (κ2) is 3.55. The molecule has 0 saturated heterocycles. The molecule has 4 nitrogen and oxygen atoms in total. The summed E-state index contributed by atoms with van der Waals surface area (Å²) in [5, 5.41) is 4.29. The van der Waals surface area contributed by atoms with Crippen molar-refractivity contribution in [3.05, 3.63) is 24.6 Å². The molecule has 0 atom stereocenters. The second-order valence-corrected chi connectivity index (χ2v) is 4.20. The molecule has 0 bridgehead atoms. The highest BCUT2D eigenvalue weighted by Crippen LogP contribution is 2.23. The van der Waals surface area contributed by atoms with E-state index >= 15 is 0 Å². The lowest BCUT2D eigenvalue weighted by Gasteiger charge is -2.25. The van der Waals surface area contributed by atoms with Crippen LogP contribution in [0.2, 0.25) is 0 Å². The van der Waals surface area contributed by atoms with E-state index in [1.54, 1.807) is 12.5 Å². The van der Waals surface area contributed by atoms with Crippen LogP contribution in [0.3, 0.4) is 0 Å². The lowest BCUT2D eigenvalue weighted by Crippen LogP contribution is -2.39. The Labute approximate surface area is 88.5 Å². The molecule has 3 N–H and O–H groups in total. The van der Waals surface area contributed by atoms with Gasteiger partial charge >= 0.3 is 0 Å². The van der Waals surface area contributed by atoms with Gasteiger partial charge in [-0.2, -0.15) is 0 Å². The molecule has 0 aliphatic rings. The normalized spacial score (nSPS) is 11.9. The van der Waals surface area contributed by atoms with Crippen LogP contribution in [-0.2, 0) is 0 Å². The Morgan fingerprint density at radius 3 is 3.00 bits per heavy atom. The number of aromatic nitrogens is 1. The zero-order valence-corrected chi connectivity index (χ0v) is 8.95. The minimum atomic E-state index is -0.168. The third-order valence-corrected chi connectivity index (χ3v) is 2.35. The Kier molecular flexibility index (Phi) is 2.36. The molecule has 2 aromatic rings. The maximum absolute atomic E-state index is 5.66. The number of nitrogens with zero attached hydrogens (tertiary/aromatic N) is 1. The molecular weight excluding hydrogens is 190 g/mol. The van der Waals surface area contributed by atoms with Gasteiger partial charge < -0.3 is 15.5 Å². The quantitative estimate of drug-likeness (QED) is 0.804. The number of pyridine rings is 1. The molecule has 4 heteroatoms. The predicted molar refractivity (Wildman–Crippen MR) is 60.8 cm³/mol. The van der Waals surface area contributed by atoms with Gasteiger partial charge in [-0.25, -0.2) is 4.98 Å². The Hall–Kier alpha value is -1.55. The van der Waals surface area contributed by atoms with Gasteiger partial charge in [-0.3, -0.25) is 0 Å². The largest absolute Gasteiger partial charge is 0.464 e. The van der Waals surface area contributed by atoms with Gasteiger partial charge in [-0.1, -0.05) is 0 Å². The van der Waals surface area contributed by atoms with Crippen LogP contribution in [0.25, 0.3) is 11.0 Å². The van der Waals surface area contributed by atoms with Gasteiger partial charge in [-0.05, 0) is 26.0 Å². The number of hydrogen-bond donors (Lipinski definition) is 2. The molecular formula is C11H15N3O. The summed E-state index contributed by atoms with van der Waals surface area (Å²) in [5.41, 5.74) is 6.33. The molecule has 0 aliphatic carbocycles. The first-order valence-electron chi connectivity index (χ1n) is 4.93. The summed E-state index contributed by atoms with van der Waals surface area (Å²) in [6.45, 7) is 4.62.